The maximum absolute atomic E-state index is 11.7. The van der Waals surface area contributed by atoms with Gasteiger partial charge in [0.2, 0.25) is 5.91 Å². The molecule has 1 rings (SSSR count). The fraction of sp³-hybridized carbons (Fsp3) is 0.909. The van der Waals surface area contributed by atoms with Crippen LogP contribution in [0.15, 0.2) is 0 Å². The van der Waals surface area contributed by atoms with Crippen molar-refractivity contribution in [1.82, 2.24) is 5.32 Å². The number of nitrogens with two attached hydrogens (primary N) is 1. The SMILES string of the molecule is CCC[C@H](N)C(=O)NC1(C)CCOC1C. The fourth-order valence-corrected chi connectivity index (χ4v) is 1.82. The van der Waals surface area contributed by atoms with Crippen LogP contribution in [0.1, 0.15) is 40.0 Å². The van der Waals surface area contributed by atoms with E-state index in [0.717, 1.165) is 19.3 Å². The molecule has 0 radical (unpaired) electrons. The Morgan fingerprint density at radius 3 is 2.87 bits per heavy atom. The van der Waals surface area contributed by atoms with Crippen LogP contribution >= 0.6 is 0 Å². The summed E-state index contributed by atoms with van der Waals surface area (Å²) >= 11 is 0. The van der Waals surface area contributed by atoms with Crippen LogP contribution in [0.5, 0.6) is 0 Å². The van der Waals surface area contributed by atoms with Gasteiger partial charge in [0, 0.05) is 6.61 Å². The van der Waals surface area contributed by atoms with E-state index in [2.05, 4.69) is 5.32 Å². The molecule has 3 atom stereocenters. The van der Waals surface area contributed by atoms with E-state index >= 15 is 0 Å². The summed E-state index contributed by atoms with van der Waals surface area (Å²) in [5.74, 6) is -0.0586. The third kappa shape index (κ3) is 2.92. The lowest BCUT2D eigenvalue weighted by Crippen LogP contribution is -2.55. The summed E-state index contributed by atoms with van der Waals surface area (Å²) in [5.41, 5.74) is 5.51. The number of nitrogens with one attached hydrogen (secondary N) is 1. The Hall–Kier alpha value is -0.610. The molecule has 1 fully saturated rings. The van der Waals surface area contributed by atoms with E-state index in [1.807, 2.05) is 20.8 Å². The number of carbonyl (C=O) groups excluding carboxylic acids is 1. The first-order valence-electron chi connectivity index (χ1n) is 5.69. The smallest absolute Gasteiger partial charge is 0.237 e. The van der Waals surface area contributed by atoms with Crippen molar-refractivity contribution >= 4 is 5.91 Å². The predicted octanol–water partition coefficient (Wildman–Crippen LogP) is 0.797. The topological polar surface area (TPSA) is 64.4 Å². The van der Waals surface area contributed by atoms with E-state index < -0.39 is 0 Å². The van der Waals surface area contributed by atoms with Gasteiger partial charge in [-0.3, -0.25) is 4.79 Å². The Bertz CT molecular complexity index is 233. The summed E-state index contributed by atoms with van der Waals surface area (Å²) in [4.78, 5) is 11.7. The largest absolute Gasteiger partial charge is 0.376 e. The number of hydrogen-bond acceptors (Lipinski definition) is 3. The maximum Gasteiger partial charge on any atom is 0.237 e. The van der Waals surface area contributed by atoms with Gasteiger partial charge in [0.25, 0.3) is 0 Å². The Kier molecular flexibility index (Phi) is 4.11. The molecule has 0 spiro atoms. The van der Waals surface area contributed by atoms with E-state index in [0.29, 0.717) is 6.61 Å². The summed E-state index contributed by atoms with van der Waals surface area (Å²) in [6.45, 7) is 6.73. The van der Waals surface area contributed by atoms with Crippen molar-refractivity contribution in [3.63, 3.8) is 0 Å². The number of rotatable bonds is 4. The number of carbonyl (C=O) groups is 1. The first-order chi connectivity index (χ1) is 6.99. The third-order valence-electron chi connectivity index (χ3n) is 3.23. The zero-order valence-corrected chi connectivity index (χ0v) is 9.88. The van der Waals surface area contributed by atoms with E-state index in [4.69, 9.17) is 10.5 Å². The van der Waals surface area contributed by atoms with Crippen molar-refractivity contribution < 1.29 is 9.53 Å². The van der Waals surface area contributed by atoms with Crippen LogP contribution in [0.4, 0.5) is 0 Å². The zero-order valence-electron chi connectivity index (χ0n) is 9.88. The molecule has 0 bridgehead atoms. The Morgan fingerprint density at radius 2 is 2.40 bits per heavy atom. The highest BCUT2D eigenvalue weighted by Crippen LogP contribution is 2.25. The first kappa shape index (κ1) is 12.5. The quantitative estimate of drug-likeness (QED) is 0.727. The maximum atomic E-state index is 11.7. The molecule has 0 aromatic rings. The molecule has 2 unspecified atom stereocenters. The summed E-state index contributed by atoms with van der Waals surface area (Å²) in [5, 5.41) is 3.00. The minimum Gasteiger partial charge on any atom is -0.376 e. The molecule has 4 heteroatoms. The van der Waals surface area contributed by atoms with Crippen LogP contribution in [0.25, 0.3) is 0 Å². The fourth-order valence-electron chi connectivity index (χ4n) is 1.82. The van der Waals surface area contributed by atoms with Gasteiger partial charge in [0.1, 0.15) is 0 Å². The second-order valence-corrected chi connectivity index (χ2v) is 4.56. The normalized spacial score (nSPS) is 32.7. The second kappa shape index (κ2) is 4.94. The van der Waals surface area contributed by atoms with E-state index in [1.54, 1.807) is 0 Å². The highest BCUT2D eigenvalue weighted by atomic mass is 16.5. The van der Waals surface area contributed by atoms with Crippen molar-refractivity contribution in [2.45, 2.75) is 57.7 Å². The Labute approximate surface area is 91.5 Å². The van der Waals surface area contributed by atoms with Crippen molar-refractivity contribution in [2.75, 3.05) is 6.61 Å². The van der Waals surface area contributed by atoms with Gasteiger partial charge < -0.3 is 15.8 Å². The molecule has 0 saturated carbocycles. The van der Waals surface area contributed by atoms with Gasteiger partial charge in [0.15, 0.2) is 0 Å². The second-order valence-electron chi connectivity index (χ2n) is 4.56. The molecule has 1 heterocycles. The lowest BCUT2D eigenvalue weighted by molar-refractivity contribution is -0.124. The van der Waals surface area contributed by atoms with Crippen molar-refractivity contribution in [3.05, 3.63) is 0 Å². The Morgan fingerprint density at radius 1 is 1.73 bits per heavy atom. The van der Waals surface area contributed by atoms with Gasteiger partial charge >= 0.3 is 0 Å². The van der Waals surface area contributed by atoms with Gasteiger partial charge in [-0.1, -0.05) is 13.3 Å². The van der Waals surface area contributed by atoms with Crippen molar-refractivity contribution in [3.8, 4) is 0 Å². The van der Waals surface area contributed by atoms with Gasteiger partial charge in [-0.2, -0.15) is 0 Å². The van der Waals surface area contributed by atoms with Gasteiger partial charge in [-0.15, -0.1) is 0 Å². The highest BCUT2D eigenvalue weighted by molar-refractivity contribution is 5.82. The van der Waals surface area contributed by atoms with Gasteiger partial charge in [-0.05, 0) is 26.7 Å². The lowest BCUT2D eigenvalue weighted by Gasteiger charge is -2.30. The lowest BCUT2D eigenvalue weighted by atomic mass is 9.94. The molecule has 4 nitrogen and oxygen atoms in total. The van der Waals surface area contributed by atoms with Crippen molar-refractivity contribution in [1.29, 1.82) is 0 Å². The average Bonchev–Trinajstić information content (AvgIpc) is 2.47. The van der Waals surface area contributed by atoms with Crippen LogP contribution in [0, 0.1) is 0 Å². The van der Waals surface area contributed by atoms with Crippen LogP contribution in [-0.2, 0) is 9.53 Å². The summed E-state index contributed by atoms with van der Waals surface area (Å²) in [7, 11) is 0. The molecule has 3 N–H and O–H groups in total. The molecule has 0 aromatic carbocycles. The molecular formula is C11H22N2O2. The minimum absolute atomic E-state index is 0.0586. The van der Waals surface area contributed by atoms with Gasteiger partial charge in [0.05, 0.1) is 17.7 Å². The van der Waals surface area contributed by atoms with Crippen LogP contribution in [0.3, 0.4) is 0 Å². The summed E-state index contributed by atoms with van der Waals surface area (Å²) in [6.07, 6.45) is 2.59. The molecule has 1 amide bonds. The van der Waals surface area contributed by atoms with E-state index in [-0.39, 0.29) is 23.6 Å². The van der Waals surface area contributed by atoms with Crippen LogP contribution in [-0.4, -0.2) is 30.2 Å². The first-order valence-corrected chi connectivity index (χ1v) is 5.69. The zero-order chi connectivity index (χ0) is 11.5. The molecule has 1 aliphatic heterocycles. The number of ether oxygens (including phenoxy) is 1. The van der Waals surface area contributed by atoms with E-state index in [1.165, 1.54) is 0 Å². The predicted molar refractivity (Wildman–Crippen MR) is 59.5 cm³/mol. The number of hydrogen-bond donors (Lipinski definition) is 2. The minimum atomic E-state index is -0.389. The molecule has 1 aliphatic rings. The van der Waals surface area contributed by atoms with E-state index in [9.17, 15) is 4.79 Å². The third-order valence-corrected chi connectivity index (χ3v) is 3.23. The highest BCUT2D eigenvalue weighted by Gasteiger charge is 2.38. The summed E-state index contributed by atoms with van der Waals surface area (Å²) < 4.78 is 5.45. The standard InChI is InChI=1S/C11H22N2O2/c1-4-5-9(12)10(14)13-11(3)6-7-15-8(11)2/h8-9H,4-7,12H2,1-3H3,(H,13,14)/t8?,9-,11?/m0/s1. The molecule has 15 heavy (non-hydrogen) atoms. The van der Waals surface area contributed by atoms with Crippen LogP contribution < -0.4 is 11.1 Å². The van der Waals surface area contributed by atoms with Gasteiger partial charge in [-0.25, -0.2) is 0 Å². The molecular weight excluding hydrogens is 192 g/mol. The molecule has 0 aromatic heterocycles. The molecule has 1 saturated heterocycles. The monoisotopic (exact) mass is 214 g/mol. The molecule has 88 valence electrons. The average molecular weight is 214 g/mol. The summed E-state index contributed by atoms with van der Waals surface area (Å²) in [6, 6.07) is -0.389. The Balaban J connectivity index is 2.49. The van der Waals surface area contributed by atoms with Crippen molar-refractivity contribution in [2.24, 2.45) is 5.73 Å². The number of amides is 1. The van der Waals surface area contributed by atoms with Crippen LogP contribution in [0.2, 0.25) is 0 Å². The molecule has 0 aliphatic carbocycles.